The fraction of sp³-hybridized carbons (Fsp3) is 0.600. The van der Waals surface area contributed by atoms with E-state index >= 15 is 0 Å². The van der Waals surface area contributed by atoms with Crippen molar-refractivity contribution in [2.24, 2.45) is 10.9 Å². The molecule has 0 aromatic heterocycles. The molecule has 0 unspecified atom stereocenters. The van der Waals surface area contributed by atoms with Crippen molar-refractivity contribution in [2.75, 3.05) is 0 Å². The van der Waals surface area contributed by atoms with Crippen molar-refractivity contribution in [1.29, 1.82) is 0 Å². The van der Waals surface area contributed by atoms with Crippen LogP contribution in [0.4, 0.5) is 0 Å². The third-order valence-electron chi connectivity index (χ3n) is 0.892. The Morgan fingerprint density at radius 3 is 2.44 bits per heavy atom. The van der Waals surface area contributed by atoms with E-state index in [-0.39, 0.29) is 5.71 Å². The van der Waals surface area contributed by atoms with Crippen LogP contribution in [0.15, 0.2) is 5.16 Å². The van der Waals surface area contributed by atoms with Gasteiger partial charge in [0.05, 0.1) is 0 Å². The molecular weight excluding hydrogens is 120 g/mol. The number of amides is 1. The molecule has 0 aliphatic rings. The van der Waals surface area contributed by atoms with Crippen LogP contribution in [0, 0.1) is 0 Å². The van der Waals surface area contributed by atoms with Gasteiger partial charge in [-0.3, -0.25) is 4.79 Å². The number of nitrogens with two attached hydrogens (primary N) is 1. The van der Waals surface area contributed by atoms with Crippen LogP contribution in [-0.2, 0) is 4.79 Å². The van der Waals surface area contributed by atoms with Gasteiger partial charge in [0.25, 0.3) is 5.91 Å². The van der Waals surface area contributed by atoms with E-state index in [2.05, 4.69) is 5.16 Å². The molecule has 0 spiro atoms. The molecule has 0 saturated carbocycles. The molecule has 0 heterocycles. The van der Waals surface area contributed by atoms with E-state index in [1.54, 1.807) is 0 Å². The zero-order valence-electron chi connectivity index (χ0n) is 5.29. The van der Waals surface area contributed by atoms with Crippen LogP contribution in [0.2, 0.25) is 0 Å². The molecule has 0 saturated heterocycles. The van der Waals surface area contributed by atoms with Gasteiger partial charge in [-0.05, 0) is 6.42 Å². The van der Waals surface area contributed by atoms with Gasteiger partial charge in [-0.25, -0.2) is 0 Å². The summed E-state index contributed by atoms with van der Waals surface area (Å²) < 4.78 is 0. The van der Waals surface area contributed by atoms with E-state index in [1.165, 1.54) is 0 Å². The van der Waals surface area contributed by atoms with Crippen LogP contribution in [0.25, 0.3) is 0 Å². The molecule has 0 aliphatic heterocycles. The number of rotatable bonds is 3. The lowest BCUT2D eigenvalue weighted by Gasteiger charge is -1.93. The highest BCUT2D eigenvalue weighted by atomic mass is 16.4. The lowest BCUT2D eigenvalue weighted by Crippen LogP contribution is -2.22. The number of hydrogen-bond acceptors (Lipinski definition) is 3. The van der Waals surface area contributed by atoms with Crippen molar-refractivity contribution in [3.8, 4) is 0 Å². The van der Waals surface area contributed by atoms with Crippen molar-refractivity contribution >= 4 is 11.6 Å². The maximum Gasteiger partial charge on any atom is 0.266 e. The predicted octanol–water partition coefficient (Wildman–Crippen LogP) is 0.102. The van der Waals surface area contributed by atoms with E-state index in [0.717, 1.165) is 6.42 Å². The SMILES string of the molecule is CCCC(=NO)C(N)=O. The lowest BCUT2D eigenvalue weighted by atomic mass is 10.2. The Morgan fingerprint density at radius 1 is 1.78 bits per heavy atom. The quantitative estimate of drug-likeness (QED) is 0.323. The average molecular weight is 130 g/mol. The van der Waals surface area contributed by atoms with Gasteiger partial charge in [0.2, 0.25) is 0 Å². The number of carbonyl (C=O) groups excluding carboxylic acids is 1. The number of nitrogens with zero attached hydrogens (tertiary/aromatic N) is 1. The maximum atomic E-state index is 10.3. The molecule has 0 atom stereocenters. The first kappa shape index (κ1) is 7.94. The second-order valence-corrected chi connectivity index (χ2v) is 1.66. The van der Waals surface area contributed by atoms with E-state index in [4.69, 9.17) is 10.9 Å². The molecule has 4 nitrogen and oxygen atoms in total. The smallest absolute Gasteiger partial charge is 0.266 e. The summed E-state index contributed by atoms with van der Waals surface area (Å²) in [6, 6.07) is 0. The predicted molar refractivity (Wildman–Crippen MR) is 33.3 cm³/mol. The first-order valence-electron chi connectivity index (χ1n) is 2.73. The first-order valence-corrected chi connectivity index (χ1v) is 2.73. The van der Waals surface area contributed by atoms with Gasteiger partial charge in [0.1, 0.15) is 5.71 Å². The van der Waals surface area contributed by atoms with E-state index in [9.17, 15) is 4.79 Å². The van der Waals surface area contributed by atoms with E-state index < -0.39 is 5.91 Å². The fourth-order valence-corrected chi connectivity index (χ4v) is 0.459. The summed E-state index contributed by atoms with van der Waals surface area (Å²) in [4.78, 5) is 10.3. The van der Waals surface area contributed by atoms with Gasteiger partial charge in [-0.1, -0.05) is 18.5 Å². The largest absolute Gasteiger partial charge is 0.410 e. The normalized spacial score (nSPS) is 11.4. The van der Waals surface area contributed by atoms with Crippen molar-refractivity contribution in [2.45, 2.75) is 19.8 Å². The second kappa shape index (κ2) is 3.88. The fourth-order valence-electron chi connectivity index (χ4n) is 0.459. The minimum atomic E-state index is -0.653. The summed E-state index contributed by atoms with van der Waals surface area (Å²) in [5.41, 5.74) is 4.84. The zero-order valence-corrected chi connectivity index (χ0v) is 5.29. The Labute approximate surface area is 53.3 Å². The van der Waals surface area contributed by atoms with Crippen LogP contribution in [-0.4, -0.2) is 16.8 Å². The van der Waals surface area contributed by atoms with Crippen molar-refractivity contribution in [3.05, 3.63) is 0 Å². The molecule has 9 heavy (non-hydrogen) atoms. The molecule has 0 fully saturated rings. The summed E-state index contributed by atoms with van der Waals surface area (Å²) in [5, 5.41) is 10.8. The van der Waals surface area contributed by atoms with Gasteiger partial charge in [-0.15, -0.1) is 0 Å². The average Bonchev–Trinajstić information content (AvgIpc) is 1.82. The molecule has 0 aromatic carbocycles. The molecule has 1 amide bonds. The molecule has 0 rings (SSSR count). The Balaban J connectivity index is 3.85. The molecule has 4 heteroatoms. The monoisotopic (exact) mass is 130 g/mol. The first-order chi connectivity index (χ1) is 4.22. The van der Waals surface area contributed by atoms with Gasteiger partial charge in [-0.2, -0.15) is 0 Å². The van der Waals surface area contributed by atoms with Crippen LogP contribution >= 0.6 is 0 Å². The number of primary amides is 1. The van der Waals surface area contributed by atoms with Crippen molar-refractivity contribution < 1.29 is 10.0 Å². The van der Waals surface area contributed by atoms with Crippen LogP contribution < -0.4 is 5.73 Å². The molecule has 3 N–H and O–H groups in total. The zero-order chi connectivity index (χ0) is 7.28. The highest BCUT2D eigenvalue weighted by molar-refractivity contribution is 6.38. The van der Waals surface area contributed by atoms with Gasteiger partial charge < -0.3 is 10.9 Å². The molecule has 0 aromatic rings. The highest BCUT2D eigenvalue weighted by Crippen LogP contribution is 1.89. The van der Waals surface area contributed by atoms with Gasteiger partial charge in [0.15, 0.2) is 0 Å². The van der Waals surface area contributed by atoms with Crippen molar-refractivity contribution in [1.82, 2.24) is 0 Å². The summed E-state index contributed by atoms with van der Waals surface area (Å²) in [6.07, 6.45) is 1.19. The Hall–Kier alpha value is -1.06. The molecule has 0 aliphatic carbocycles. The third kappa shape index (κ3) is 2.69. The number of hydrogen-bond donors (Lipinski definition) is 2. The number of oxime groups is 1. The second-order valence-electron chi connectivity index (χ2n) is 1.66. The maximum absolute atomic E-state index is 10.3. The van der Waals surface area contributed by atoms with Gasteiger partial charge >= 0.3 is 0 Å². The minimum Gasteiger partial charge on any atom is -0.410 e. The van der Waals surface area contributed by atoms with Crippen LogP contribution in [0.5, 0.6) is 0 Å². The highest BCUT2D eigenvalue weighted by Gasteiger charge is 2.03. The van der Waals surface area contributed by atoms with E-state index in [1.807, 2.05) is 6.92 Å². The Kier molecular flexibility index (Phi) is 3.43. The standard InChI is InChI=1S/C5H10N2O2/c1-2-3-4(7-9)5(6)8/h9H,2-3H2,1H3,(H2,6,8). The Morgan fingerprint density at radius 2 is 2.33 bits per heavy atom. The molecule has 0 bridgehead atoms. The summed E-state index contributed by atoms with van der Waals surface area (Å²) in [7, 11) is 0. The molecular formula is C5H10N2O2. The van der Waals surface area contributed by atoms with E-state index in [0.29, 0.717) is 6.42 Å². The summed E-state index contributed by atoms with van der Waals surface area (Å²) in [5.74, 6) is -0.653. The number of carbonyl (C=O) groups is 1. The molecule has 52 valence electrons. The summed E-state index contributed by atoms with van der Waals surface area (Å²) >= 11 is 0. The lowest BCUT2D eigenvalue weighted by molar-refractivity contribution is -0.112. The van der Waals surface area contributed by atoms with Crippen LogP contribution in [0.3, 0.4) is 0 Å². The van der Waals surface area contributed by atoms with Crippen molar-refractivity contribution in [3.63, 3.8) is 0 Å². The minimum absolute atomic E-state index is 0.0394. The van der Waals surface area contributed by atoms with Gasteiger partial charge in [0, 0.05) is 0 Å². The molecule has 0 radical (unpaired) electrons. The summed E-state index contributed by atoms with van der Waals surface area (Å²) in [6.45, 7) is 1.87. The third-order valence-corrected chi connectivity index (χ3v) is 0.892. The van der Waals surface area contributed by atoms with Crippen LogP contribution in [0.1, 0.15) is 19.8 Å². The Bertz CT molecular complexity index is 131. The topological polar surface area (TPSA) is 75.7 Å².